The van der Waals surface area contributed by atoms with Crippen molar-refractivity contribution < 1.29 is 26.2 Å². The van der Waals surface area contributed by atoms with Crippen molar-refractivity contribution >= 4 is 5.69 Å². The van der Waals surface area contributed by atoms with Crippen molar-refractivity contribution in [3.05, 3.63) is 79.6 Å². The topological polar surface area (TPSA) is 27.0 Å². The molecule has 1 aromatic heterocycles. The fourth-order valence-electron chi connectivity index (χ4n) is 2.70. The van der Waals surface area contributed by atoms with Crippen LogP contribution in [0.1, 0.15) is 70.2 Å². The van der Waals surface area contributed by atoms with Crippen LogP contribution in [0.5, 0.6) is 0 Å². The van der Waals surface area contributed by atoms with Crippen molar-refractivity contribution in [2.24, 2.45) is 0 Å². The van der Waals surface area contributed by atoms with Crippen LogP contribution in [-0.4, -0.2) is 4.98 Å². The molecule has 0 bridgehead atoms. The summed E-state index contributed by atoms with van der Waals surface area (Å²) in [6.07, 6.45) is 1.84. The second kappa shape index (κ2) is 10.9. The number of hydrogen-bond acceptors (Lipinski definition) is 1. The molecule has 0 N–H and O–H groups in total. The molecule has 0 aliphatic carbocycles. The molecule has 0 aliphatic heterocycles. The average Bonchev–Trinajstić information content (AvgIpc) is 2.47. The maximum absolute atomic E-state index is 5.14. The minimum Gasteiger partial charge on any atom is -0.674 e. The number of aromatic nitrogens is 1. The fourth-order valence-corrected chi connectivity index (χ4v) is 2.70. The third-order valence-electron chi connectivity index (χ3n) is 4.03. The monoisotopic (exact) mass is 415 g/mol. The Balaban J connectivity index is 0. The Hall–Kier alpha value is -0.947. The van der Waals surface area contributed by atoms with Crippen LogP contribution in [-0.2, 0) is 31.7 Å². The number of nitrogens with zero attached hydrogens (tertiary/aromatic N) is 2. The van der Waals surface area contributed by atoms with Crippen molar-refractivity contribution in [1.29, 1.82) is 0 Å². The van der Waals surface area contributed by atoms with Gasteiger partial charge >= 0.3 is 26.2 Å². The van der Waals surface area contributed by atoms with Gasteiger partial charge in [-0.1, -0.05) is 82.5 Å². The van der Waals surface area contributed by atoms with Gasteiger partial charge in [-0.3, -0.25) is 4.98 Å². The zero-order valence-corrected chi connectivity index (χ0v) is 19.5. The Morgan fingerprint density at radius 1 is 0.840 bits per heavy atom. The van der Waals surface area contributed by atoms with Crippen molar-refractivity contribution in [3.8, 4) is 0 Å². The van der Waals surface area contributed by atoms with Crippen molar-refractivity contribution in [1.82, 2.24) is 4.98 Å². The predicted octanol–water partition coefficient (Wildman–Crippen LogP) is 7.17. The zero-order valence-electron chi connectivity index (χ0n) is 17.1. The molecule has 0 aliphatic rings. The quantitative estimate of drug-likeness (QED) is 0.475. The Bertz CT molecular complexity index is 593. The van der Waals surface area contributed by atoms with Crippen molar-refractivity contribution in [2.45, 2.75) is 58.9 Å². The van der Waals surface area contributed by atoms with Gasteiger partial charge in [-0.2, -0.15) is 0 Å². The molecule has 0 amide bonds. The largest absolute Gasteiger partial charge is 3.00 e. The van der Waals surface area contributed by atoms with E-state index in [1.165, 1.54) is 11.1 Å². The van der Waals surface area contributed by atoms with Gasteiger partial charge in [-0.15, -0.1) is 5.69 Å². The molecule has 1 aromatic carbocycles. The van der Waals surface area contributed by atoms with Crippen LogP contribution in [0.3, 0.4) is 0 Å². The van der Waals surface area contributed by atoms with Crippen LogP contribution in [0.15, 0.2) is 42.6 Å². The van der Waals surface area contributed by atoms with Gasteiger partial charge in [-0.25, -0.2) is 0 Å². The first-order chi connectivity index (χ1) is 10.3. The number of benzene rings is 1. The maximum Gasteiger partial charge on any atom is 3.00 e. The zero-order chi connectivity index (χ0) is 16.3. The van der Waals surface area contributed by atoms with Gasteiger partial charge in [0.15, 0.2) is 0 Å². The number of hydrogen-bond donors (Lipinski definition) is 0. The summed E-state index contributed by atoms with van der Waals surface area (Å²) in [4.78, 5) is 4.50. The summed E-state index contributed by atoms with van der Waals surface area (Å²) in [5.74, 6) is 0.911. The molecule has 2 aromatic rings. The standard InChI is InChI=1S/C20H27N2.2CH3.Zr/c1-14(2)16-10-9-11-17(15(3)4)19(16)22-20(5,6)18-12-7-8-13-21-18;;;/h7-15H,1-6H3;2*1H3;/q3*-1;+3. The second-order valence-electron chi connectivity index (χ2n) is 6.98. The van der Waals surface area contributed by atoms with E-state index in [2.05, 4.69) is 70.8 Å². The smallest absolute Gasteiger partial charge is 0.674 e. The van der Waals surface area contributed by atoms with Gasteiger partial charge in [0, 0.05) is 11.9 Å². The third kappa shape index (κ3) is 6.37. The first kappa shape index (κ1) is 26.3. The summed E-state index contributed by atoms with van der Waals surface area (Å²) in [6.45, 7) is 13.2. The van der Waals surface area contributed by atoms with Gasteiger partial charge in [0.25, 0.3) is 0 Å². The van der Waals surface area contributed by atoms with Gasteiger partial charge in [-0.05, 0) is 24.0 Å². The molecule has 0 saturated heterocycles. The molecule has 0 unspecified atom stereocenters. The van der Waals surface area contributed by atoms with Gasteiger partial charge in [0.1, 0.15) is 0 Å². The van der Waals surface area contributed by atoms with E-state index in [9.17, 15) is 0 Å². The first-order valence-electron chi connectivity index (χ1n) is 8.10. The number of pyridine rings is 1. The van der Waals surface area contributed by atoms with Crippen LogP contribution in [0.4, 0.5) is 5.69 Å². The molecule has 0 spiro atoms. The van der Waals surface area contributed by atoms with Gasteiger partial charge < -0.3 is 20.2 Å². The minimum atomic E-state index is -0.337. The molecule has 0 atom stereocenters. The summed E-state index contributed by atoms with van der Waals surface area (Å²) in [5.41, 5.74) is 4.44. The van der Waals surface area contributed by atoms with Crippen LogP contribution in [0, 0.1) is 14.9 Å². The summed E-state index contributed by atoms with van der Waals surface area (Å²) in [7, 11) is 0. The van der Waals surface area contributed by atoms with E-state index in [0.717, 1.165) is 11.4 Å². The minimum absolute atomic E-state index is 0. The van der Waals surface area contributed by atoms with Crippen LogP contribution in [0.25, 0.3) is 5.32 Å². The molecule has 0 fully saturated rings. The Morgan fingerprint density at radius 3 is 1.76 bits per heavy atom. The maximum atomic E-state index is 5.14. The Morgan fingerprint density at radius 2 is 1.36 bits per heavy atom. The van der Waals surface area contributed by atoms with E-state index in [-0.39, 0.29) is 46.6 Å². The van der Waals surface area contributed by atoms with Gasteiger partial charge in [0.05, 0.1) is 0 Å². The molecular weight excluding hydrogens is 383 g/mol. The van der Waals surface area contributed by atoms with Crippen LogP contribution in [0.2, 0.25) is 0 Å². The first-order valence-corrected chi connectivity index (χ1v) is 8.10. The molecule has 2 nitrogen and oxygen atoms in total. The summed E-state index contributed by atoms with van der Waals surface area (Å²) in [6, 6.07) is 12.6. The fraction of sp³-hybridized carbons (Fsp3) is 0.409. The molecule has 0 saturated carbocycles. The van der Waals surface area contributed by atoms with E-state index in [0.29, 0.717) is 11.8 Å². The summed E-state index contributed by atoms with van der Waals surface area (Å²) in [5, 5.41) is 5.14. The Labute approximate surface area is 175 Å². The molecule has 135 valence electrons. The molecular formula is C22H33N2Zr. The molecule has 25 heavy (non-hydrogen) atoms. The number of para-hydroxylation sites is 1. The molecule has 1 radical (unpaired) electrons. The summed E-state index contributed by atoms with van der Waals surface area (Å²) < 4.78 is 0. The number of rotatable bonds is 5. The average molecular weight is 417 g/mol. The van der Waals surface area contributed by atoms with Gasteiger partial charge in [0.2, 0.25) is 0 Å². The van der Waals surface area contributed by atoms with Crippen molar-refractivity contribution in [2.75, 3.05) is 0 Å². The SMILES string of the molecule is CC(C)c1cccc(C(C)C)c1[N-]C(C)(C)c1ccccn1.[CH3-].[CH3-].[Zr+3]. The normalized spacial score (nSPS) is 10.6. The second-order valence-corrected chi connectivity index (χ2v) is 6.98. The van der Waals surface area contributed by atoms with E-state index in [1.54, 1.807) is 0 Å². The molecule has 2 rings (SSSR count). The third-order valence-corrected chi connectivity index (χ3v) is 4.03. The molecule has 3 heteroatoms. The Kier molecular flexibility index (Phi) is 11.5. The van der Waals surface area contributed by atoms with Crippen molar-refractivity contribution in [3.63, 3.8) is 0 Å². The van der Waals surface area contributed by atoms with E-state index in [1.807, 2.05) is 18.3 Å². The van der Waals surface area contributed by atoms with E-state index >= 15 is 0 Å². The summed E-state index contributed by atoms with van der Waals surface area (Å²) >= 11 is 0. The van der Waals surface area contributed by atoms with Crippen LogP contribution < -0.4 is 0 Å². The predicted molar refractivity (Wildman–Crippen MR) is 108 cm³/mol. The van der Waals surface area contributed by atoms with E-state index < -0.39 is 0 Å². The van der Waals surface area contributed by atoms with Crippen LogP contribution >= 0.6 is 0 Å². The molecule has 1 heterocycles. The van der Waals surface area contributed by atoms with E-state index in [4.69, 9.17) is 5.32 Å².